The molecule has 0 aliphatic heterocycles. The third kappa shape index (κ3) is 5.24. The van der Waals surface area contributed by atoms with E-state index in [0.29, 0.717) is 0 Å². The second kappa shape index (κ2) is 6.26. The van der Waals surface area contributed by atoms with Gasteiger partial charge in [0.1, 0.15) is 9.84 Å². The molecule has 8 heteroatoms. The van der Waals surface area contributed by atoms with E-state index >= 15 is 0 Å². The topological polar surface area (TPSA) is 51.2 Å². The third-order valence-corrected chi connectivity index (χ3v) is 4.23. The Labute approximate surface area is 123 Å². The number of ketones is 1. The van der Waals surface area contributed by atoms with Crippen LogP contribution in [0.25, 0.3) is 0 Å². The third-order valence-electron chi connectivity index (χ3n) is 2.51. The van der Waals surface area contributed by atoms with Crippen molar-refractivity contribution in [2.24, 2.45) is 0 Å². The molecule has 0 bridgehead atoms. The second-order valence-corrected chi connectivity index (χ2v) is 7.46. The Hall–Kier alpha value is -0.890. The van der Waals surface area contributed by atoms with Crippen molar-refractivity contribution in [1.29, 1.82) is 0 Å². The van der Waals surface area contributed by atoms with E-state index in [4.69, 9.17) is 0 Å². The first kappa shape index (κ1) is 17.2. The largest absolute Gasteiger partial charge is 0.416 e. The van der Waals surface area contributed by atoms with E-state index in [-0.39, 0.29) is 28.6 Å². The number of carbonyl (C=O) groups is 1. The maximum atomic E-state index is 12.6. The summed E-state index contributed by atoms with van der Waals surface area (Å²) in [6.45, 7) is 0. The van der Waals surface area contributed by atoms with Gasteiger partial charge in [0.05, 0.1) is 11.3 Å². The fourth-order valence-corrected chi connectivity index (χ4v) is 2.68. The molecule has 0 N–H and O–H groups in total. The molecule has 20 heavy (non-hydrogen) atoms. The minimum atomic E-state index is -4.53. The van der Waals surface area contributed by atoms with Crippen molar-refractivity contribution in [3.8, 4) is 0 Å². The minimum absolute atomic E-state index is 0.0837. The molecular weight excluding hydrogens is 361 g/mol. The number of benzene rings is 1. The molecule has 0 amide bonds. The molecule has 0 aromatic heterocycles. The van der Waals surface area contributed by atoms with Gasteiger partial charge in [-0.3, -0.25) is 4.79 Å². The van der Waals surface area contributed by atoms with E-state index in [1.807, 2.05) is 0 Å². The first-order chi connectivity index (χ1) is 9.00. The highest BCUT2D eigenvalue weighted by Gasteiger charge is 2.31. The standard InChI is InChI=1S/C12H12BrF3O3S/c1-20(18,19)6-2-3-11(17)9-7-8(12(14,15)16)4-5-10(9)13/h4-5,7H,2-3,6H2,1H3. The van der Waals surface area contributed by atoms with Gasteiger partial charge < -0.3 is 0 Å². The number of rotatable bonds is 5. The highest BCUT2D eigenvalue weighted by Crippen LogP contribution is 2.32. The van der Waals surface area contributed by atoms with Crippen molar-refractivity contribution in [3.63, 3.8) is 0 Å². The van der Waals surface area contributed by atoms with Gasteiger partial charge in [-0.2, -0.15) is 13.2 Å². The van der Waals surface area contributed by atoms with Gasteiger partial charge in [0.2, 0.25) is 0 Å². The summed E-state index contributed by atoms with van der Waals surface area (Å²) in [6, 6.07) is 2.80. The van der Waals surface area contributed by atoms with Gasteiger partial charge in [-0.1, -0.05) is 15.9 Å². The number of hydrogen-bond acceptors (Lipinski definition) is 3. The van der Waals surface area contributed by atoms with Crippen LogP contribution in [0.3, 0.4) is 0 Å². The van der Waals surface area contributed by atoms with Crippen molar-refractivity contribution < 1.29 is 26.4 Å². The van der Waals surface area contributed by atoms with Gasteiger partial charge in [0.15, 0.2) is 5.78 Å². The van der Waals surface area contributed by atoms with E-state index in [1.54, 1.807) is 0 Å². The molecule has 0 aliphatic rings. The van der Waals surface area contributed by atoms with Crippen LogP contribution in [0.1, 0.15) is 28.8 Å². The predicted octanol–water partition coefficient (Wildman–Crippen LogP) is 3.48. The predicted molar refractivity (Wildman–Crippen MR) is 72.4 cm³/mol. The summed E-state index contributed by atoms with van der Waals surface area (Å²) >= 11 is 3.02. The first-order valence-corrected chi connectivity index (χ1v) is 8.44. The summed E-state index contributed by atoms with van der Waals surface area (Å²) < 4.78 is 59.8. The molecule has 0 unspecified atom stereocenters. The molecule has 0 fully saturated rings. The van der Waals surface area contributed by atoms with Crippen LogP contribution < -0.4 is 0 Å². The molecule has 112 valence electrons. The van der Waals surface area contributed by atoms with E-state index in [9.17, 15) is 26.4 Å². The van der Waals surface area contributed by atoms with Crippen LogP contribution in [0.5, 0.6) is 0 Å². The maximum Gasteiger partial charge on any atom is 0.416 e. The van der Waals surface area contributed by atoms with Crippen LogP contribution in [0.15, 0.2) is 22.7 Å². The number of sulfone groups is 1. The summed E-state index contributed by atoms with van der Waals surface area (Å²) in [4.78, 5) is 11.8. The Balaban J connectivity index is 2.87. The molecule has 0 atom stereocenters. The van der Waals surface area contributed by atoms with Crippen molar-refractivity contribution in [1.82, 2.24) is 0 Å². The number of hydrogen-bond donors (Lipinski definition) is 0. The van der Waals surface area contributed by atoms with Gasteiger partial charge in [-0.25, -0.2) is 8.42 Å². The Kier molecular flexibility index (Phi) is 5.37. The Bertz CT molecular complexity index is 609. The van der Waals surface area contributed by atoms with Crippen LogP contribution in [0.2, 0.25) is 0 Å². The summed E-state index contributed by atoms with van der Waals surface area (Å²) in [7, 11) is -3.19. The van der Waals surface area contributed by atoms with Crippen molar-refractivity contribution in [2.45, 2.75) is 19.0 Å². The van der Waals surface area contributed by atoms with Gasteiger partial charge in [0, 0.05) is 22.7 Å². The van der Waals surface area contributed by atoms with Crippen LogP contribution in [-0.2, 0) is 16.0 Å². The fraction of sp³-hybridized carbons (Fsp3) is 0.417. The average molecular weight is 373 g/mol. The van der Waals surface area contributed by atoms with E-state index in [2.05, 4.69) is 15.9 Å². The molecule has 0 heterocycles. The lowest BCUT2D eigenvalue weighted by Crippen LogP contribution is -2.10. The van der Waals surface area contributed by atoms with Crippen LogP contribution in [0.4, 0.5) is 13.2 Å². The number of halogens is 4. The monoisotopic (exact) mass is 372 g/mol. The molecule has 3 nitrogen and oxygen atoms in total. The van der Waals surface area contributed by atoms with Crippen LogP contribution in [-0.4, -0.2) is 26.2 Å². The van der Waals surface area contributed by atoms with Crippen molar-refractivity contribution in [3.05, 3.63) is 33.8 Å². The molecule has 1 rings (SSSR count). The van der Waals surface area contributed by atoms with E-state index < -0.39 is 27.4 Å². The summed E-state index contributed by atoms with van der Waals surface area (Å²) in [6.07, 6.45) is -3.52. The molecule has 0 saturated heterocycles. The first-order valence-electron chi connectivity index (χ1n) is 5.58. The highest BCUT2D eigenvalue weighted by molar-refractivity contribution is 9.10. The molecule has 1 aromatic rings. The van der Waals surface area contributed by atoms with E-state index in [0.717, 1.165) is 24.5 Å². The number of Topliss-reactive ketones (excluding diaryl/α,β-unsaturated/α-hetero) is 1. The lowest BCUT2D eigenvalue weighted by Gasteiger charge is -2.10. The minimum Gasteiger partial charge on any atom is -0.294 e. The van der Waals surface area contributed by atoms with Gasteiger partial charge in [-0.05, 0) is 24.6 Å². The summed E-state index contributed by atoms with van der Waals surface area (Å²) in [5, 5.41) is 0. The van der Waals surface area contributed by atoms with Crippen molar-refractivity contribution >= 4 is 31.6 Å². The zero-order valence-corrected chi connectivity index (χ0v) is 12.9. The molecular formula is C12H12BrF3O3S. The SMILES string of the molecule is CS(=O)(=O)CCCC(=O)c1cc(C(F)(F)F)ccc1Br. The Morgan fingerprint density at radius 3 is 2.40 bits per heavy atom. The summed E-state index contributed by atoms with van der Waals surface area (Å²) in [5.74, 6) is -0.693. The van der Waals surface area contributed by atoms with Gasteiger partial charge in [0.25, 0.3) is 0 Å². The lowest BCUT2D eigenvalue weighted by molar-refractivity contribution is -0.137. The molecule has 1 aromatic carbocycles. The fourth-order valence-electron chi connectivity index (χ4n) is 1.54. The van der Waals surface area contributed by atoms with Crippen molar-refractivity contribution in [2.75, 3.05) is 12.0 Å². The Morgan fingerprint density at radius 2 is 1.90 bits per heavy atom. The number of carbonyl (C=O) groups excluding carboxylic acids is 1. The molecule has 0 spiro atoms. The molecule has 0 saturated carbocycles. The zero-order valence-electron chi connectivity index (χ0n) is 10.5. The highest BCUT2D eigenvalue weighted by atomic mass is 79.9. The van der Waals surface area contributed by atoms with Gasteiger partial charge in [-0.15, -0.1) is 0 Å². The zero-order chi connectivity index (χ0) is 15.6. The van der Waals surface area contributed by atoms with Crippen LogP contribution in [0, 0.1) is 0 Å². The van der Waals surface area contributed by atoms with Crippen LogP contribution >= 0.6 is 15.9 Å². The molecule has 0 radical (unpaired) electrons. The Morgan fingerprint density at radius 1 is 1.30 bits per heavy atom. The summed E-state index contributed by atoms with van der Waals surface area (Å²) in [5.41, 5.74) is -1.000. The quantitative estimate of drug-likeness (QED) is 0.743. The average Bonchev–Trinajstić information content (AvgIpc) is 2.25. The smallest absolute Gasteiger partial charge is 0.294 e. The maximum absolute atomic E-state index is 12.6. The molecule has 0 aliphatic carbocycles. The normalized spacial score (nSPS) is 12.4. The second-order valence-electron chi connectivity index (χ2n) is 4.35. The van der Waals surface area contributed by atoms with E-state index in [1.165, 1.54) is 0 Å². The van der Waals surface area contributed by atoms with Gasteiger partial charge >= 0.3 is 6.18 Å². The lowest BCUT2D eigenvalue weighted by atomic mass is 10.0. The number of alkyl halides is 3.